The molecule has 10 aromatic rings. The molecule has 0 unspecified atom stereocenters. The summed E-state index contributed by atoms with van der Waals surface area (Å²) < 4.78 is 12.2. The molecule has 0 saturated heterocycles. The maximum Gasteiger partial charge on any atom is 0.255 e. The number of rotatable bonds is 15. The Kier molecular flexibility index (Phi) is 13.9. The molecule has 0 aliphatic heterocycles. The SMILES string of the molecule is Cc1c(C[n+]2cn(CCc3ccc4ccccc4c3)c(Cl)c2Cl)c(C)c(C[n+]2cn(CCc3ccc4ccccc4c3)c(Cl)c2Cl)c(C)c1C[n+]1cn(CCc2ccc3ccccc3c2)c(Cl)c1Cl. The Morgan fingerprint density at radius 2 is 0.609 bits per heavy atom. The van der Waals surface area contributed by atoms with Crippen LogP contribution in [-0.2, 0) is 58.5 Å². The Labute approximate surface area is 433 Å². The van der Waals surface area contributed by atoms with Crippen LogP contribution in [0.15, 0.2) is 146 Å². The van der Waals surface area contributed by atoms with Crippen molar-refractivity contribution in [2.24, 2.45) is 0 Å². The van der Waals surface area contributed by atoms with E-state index in [0.717, 1.165) is 52.6 Å². The molecule has 0 atom stereocenters. The number of fused-ring (bicyclic) bond motifs is 3. The van der Waals surface area contributed by atoms with Crippen molar-refractivity contribution >= 4 is 102 Å². The number of nitrogens with zero attached hydrogens (tertiary/aromatic N) is 6. The van der Waals surface area contributed by atoms with Gasteiger partial charge in [0.1, 0.15) is 19.6 Å². The van der Waals surface area contributed by atoms with Gasteiger partial charge in [-0.05, 0) is 156 Å². The van der Waals surface area contributed by atoms with E-state index < -0.39 is 0 Å². The molecule has 0 bridgehead atoms. The van der Waals surface area contributed by atoms with Gasteiger partial charge in [-0.1, -0.05) is 127 Å². The Morgan fingerprint density at radius 1 is 0.348 bits per heavy atom. The van der Waals surface area contributed by atoms with Crippen molar-refractivity contribution in [1.29, 1.82) is 0 Å². The zero-order valence-electron chi connectivity index (χ0n) is 38.7. The average Bonchev–Trinajstić information content (AvgIpc) is 3.92. The molecule has 3 heterocycles. The lowest BCUT2D eigenvalue weighted by atomic mass is 9.87. The number of hydrogen-bond donors (Lipinski definition) is 0. The van der Waals surface area contributed by atoms with Crippen LogP contribution in [-0.4, -0.2) is 13.7 Å². The summed E-state index contributed by atoms with van der Waals surface area (Å²) in [6.07, 6.45) is 8.51. The summed E-state index contributed by atoms with van der Waals surface area (Å²) in [5, 5.41) is 10.3. The van der Waals surface area contributed by atoms with Gasteiger partial charge in [0.2, 0.25) is 19.0 Å². The molecular formula is C57H51Cl6N6+3. The van der Waals surface area contributed by atoms with E-state index >= 15 is 0 Å². The number of imidazole rings is 3. The highest BCUT2D eigenvalue weighted by molar-refractivity contribution is 6.40. The van der Waals surface area contributed by atoms with Crippen LogP contribution in [0.4, 0.5) is 0 Å². The molecule has 0 spiro atoms. The summed E-state index contributed by atoms with van der Waals surface area (Å²) in [6.45, 7) is 10.1. The van der Waals surface area contributed by atoms with Gasteiger partial charge in [-0.3, -0.25) is 0 Å². The first-order valence-electron chi connectivity index (χ1n) is 23.2. The van der Waals surface area contributed by atoms with E-state index in [1.807, 2.05) is 46.4 Å². The molecule has 0 N–H and O–H groups in total. The highest BCUT2D eigenvalue weighted by atomic mass is 35.5. The molecule has 69 heavy (non-hydrogen) atoms. The number of halogens is 6. The second-order valence-electron chi connectivity index (χ2n) is 18.2. The fourth-order valence-corrected chi connectivity index (χ4v) is 11.2. The van der Waals surface area contributed by atoms with E-state index in [0.29, 0.717) is 70.2 Å². The maximum absolute atomic E-state index is 7.12. The van der Waals surface area contributed by atoms with Gasteiger partial charge in [0, 0.05) is 36.0 Å². The lowest BCUT2D eigenvalue weighted by molar-refractivity contribution is -0.687. The second-order valence-corrected chi connectivity index (χ2v) is 20.3. The standard InChI is InChI=1S/C57H51Cl6N6/c1-37-49(31-67-34-64(52(58)55(67)61)25-22-40-16-19-43-10-4-7-13-46(43)28-40)38(2)51(33-69-36-66(54(60)57(69)63)27-24-42-18-21-45-12-6-9-15-48(45)30-42)39(3)50(37)32-68-35-65(53(59)56(68)62)26-23-41-17-20-44-11-5-8-14-47(44)29-41/h4-21,28-30,34-36H,22-27,31-33H2,1-3H3/q+3. The van der Waals surface area contributed by atoms with E-state index in [4.69, 9.17) is 69.6 Å². The molecule has 348 valence electrons. The first kappa shape index (κ1) is 47.4. The van der Waals surface area contributed by atoms with Gasteiger partial charge < -0.3 is 0 Å². The summed E-state index contributed by atoms with van der Waals surface area (Å²) in [7, 11) is 0. The molecule has 7 aromatic carbocycles. The first-order valence-corrected chi connectivity index (χ1v) is 25.5. The Balaban J connectivity index is 0.966. The van der Waals surface area contributed by atoms with E-state index in [9.17, 15) is 0 Å². The zero-order chi connectivity index (χ0) is 47.9. The van der Waals surface area contributed by atoms with Gasteiger partial charge >= 0.3 is 0 Å². The largest absolute Gasteiger partial charge is 0.255 e. The van der Waals surface area contributed by atoms with E-state index in [-0.39, 0.29) is 0 Å². The molecule has 0 saturated carbocycles. The van der Waals surface area contributed by atoms with Crippen molar-refractivity contribution in [3.63, 3.8) is 0 Å². The van der Waals surface area contributed by atoms with Crippen LogP contribution < -0.4 is 13.7 Å². The van der Waals surface area contributed by atoms with Crippen LogP contribution in [0.2, 0.25) is 30.9 Å². The van der Waals surface area contributed by atoms with E-state index in [1.54, 1.807) is 0 Å². The molecular weight excluding hydrogens is 981 g/mol. The minimum absolute atomic E-state index is 0.484. The Bertz CT molecular complexity index is 3180. The smallest absolute Gasteiger partial charge is 0.219 e. The lowest BCUT2D eigenvalue weighted by Crippen LogP contribution is -2.38. The fraction of sp³-hybridized carbons (Fsp3) is 0.211. The van der Waals surface area contributed by atoms with Gasteiger partial charge in [0.05, 0.1) is 19.6 Å². The van der Waals surface area contributed by atoms with Crippen LogP contribution in [0.1, 0.15) is 50.1 Å². The molecule has 6 nitrogen and oxygen atoms in total. The monoisotopic (exact) mass is 1030 g/mol. The maximum atomic E-state index is 7.12. The van der Waals surface area contributed by atoms with Crippen LogP contribution >= 0.6 is 69.6 Å². The van der Waals surface area contributed by atoms with Gasteiger partial charge in [0.25, 0.3) is 30.9 Å². The van der Waals surface area contributed by atoms with Crippen LogP contribution in [0.5, 0.6) is 0 Å². The van der Waals surface area contributed by atoms with Gasteiger partial charge in [0.15, 0.2) is 0 Å². The highest BCUT2D eigenvalue weighted by Crippen LogP contribution is 2.31. The molecule has 10 rings (SSSR count). The zero-order valence-corrected chi connectivity index (χ0v) is 43.2. The summed E-state index contributed by atoms with van der Waals surface area (Å²) >= 11 is 42.4. The van der Waals surface area contributed by atoms with Crippen molar-refractivity contribution in [3.05, 3.63) is 227 Å². The van der Waals surface area contributed by atoms with Crippen LogP contribution in [0.25, 0.3) is 32.3 Å². The molecule has 0 aliphatic carbocycles. The molecule has 0 fully saturated rings. The van der Waals surface area contributed by atoms with Crippen molar-refractivity contribution in [3.8, 4) is 0 Å². The predicted octanol–water partition coefficient (Wildman–Crippen LogP) is 14.1. The first-order chi connectivity index (χ1) is 33.4. The third-order valence-electron chi connectivity index (χ3n) is 13.9. The second kappa shape index (κ2) is 20.2. The van der Waals surface area contributed by atoms with Crippen molar-refractivity contribution < 1.29 is 13.7 Å². The van der Waals surface area contributed by atoms with Crippen molar-refractivity contribution in [2.45, 2.75) is 79.3 Å². The summed E-state index contributed by atoms with van der Waals surface area (Å²) in [6, 6.07) is 45.1. The summed E-state index contributed by atoms with van der Waals surface area (Å²) in [4.78, 5) is 0. The fourth-order valence-electron chi connectivity index (χ4n) is 9.86. The molecule has 12 heteroatoms. The average molecular weight is 1030 g/mol. The van der Waals surface area contributed by atoms with Gasteiger partial charge in [-0.25, -0.2) is 27.4 Å². The third kappa shape index (κ3) is 9.78. The highest BCUT2D eigenvalue weighted by Gasteiger charge is 2.29. The van der Waals surface area contributed by atoms with Crippen molar-refractivity contribution in [2.75, 3.05) is 0 Å². The van der Waals surface area contributed by atoms with E-state index in [2.05, 4.69) is 148 Å². The number of hydrogen-bond acceptors (Lipinski definition) is 0. The molecule has 3 aromatic heterocycles. The minimum atomic E-state index is 0.484. The quantitative estimate of drug-likeness (QED) is 0.0915. The summed E-state index contributed by atoms with van der Waals surface area (Å²) in [5.74, 6) is 0. The Hall–Kier alpha value is -5.31. The van der Waals surface area contributed by atoms with Crippen molar-refractivity contribution in [1.82, 2.24) is 13.7 Å². The van der Waals surface area contributed by atoms with Crippen LogP contribution in [0.3, 0.4) is 0 Å². The predicted molar refractivity (Wildman–Crippen MR) is 285 cm³/mol. The topological polar surface area (TPSA) is 26.4 Å². The number of aromatic nitrogens is 6. The normalized spacial score (nSPS) is 11.8. The molecule has 0 aliphatic rings. The molecule has 0 radical (unpaired) electrons. The van der Waals surface area contributed by atoms with Gasteiger partial charge in [-0.2, -0.15) is 0 Å². The lowest BCUT2D eigenvalue weighted by Gasteiger charge is -2.20. The summed E-state index contributed by atoms with van der Waals surface area (Å²) in [5.41, 5.74) is 10.5. The number of aryl methyl sites for hydroxylation is 6. The minimum Gasteiger partial charge on any atom is -0.219 e. The third-order valence-corrected chi connectivity index (χ3v) is 16.6. The van der Waals surface area contributed by atoms with Crippen LogP contribution in [0, 0.1) is 20.8 Å². The number of benzene rings is 7. The molecule has 0 amide bonds. The van der Waals surface area contributed by atoms with Gasteiger partial charge in [-0.15, -0.1) is 0 Å². The van der Waals surface area contributed by atoms with E-state index in [1.165, 1.54) is 49.0 Å². The Morgan fingerprint density at radius 3 is 0.884 bits per heavy atom.